The van der Waals surface area contributed by atoms with Crippen LogP contribution in [-0.2, 0) is 0 Å². The van der Waals surface area contributed by atoms with Gasteiger partial charge in [-0.1, -0.05) is 53.0 Å². The third-order valence-corrected chi connectivity index (χ3v) is 3.57. The van der Waals surface area contributed by atoms with E-state index in [1.165, 1.54) is 6.21 Å². The molecule has 2 aromatic rings. The summed E-state index contributed by atoms with van der Waals surface area (Å²) in [5.74, 6) is 0.0477. The Morgan fingerprint density at radius 1 is 0.913 bits per heavy atom. The molecule has 0 unspecified atom stereocenters. The molecule has 0 fully saturated rings. The van der Waals surface area contributed by atoms with Gasteiger partial charge >= 0.3 is 0 Å². The number of hydrogen-bond acceptors (Lipinski definition) is 3. The maximum Gasteiger partial charge on any atom is 0.234 e. The number of benzene rings is 2. The minimum Gasteiger partial charge on any atom is -0.367 e. The second kappa shape index (κ2) is 8.53. The van der Waals surface area contributed by atoms with Crippen molar-refractivity contribution in [2.45, 2.75) is 0 Å². The molecule has 2 aromatic carbocycles. The summed E-state index contributed by atoms with van der Waals surface area (Å²) in [4.78, 5) is 0. The van der Waals surface area contributed by atoms with Crippen molar-refractivity contribution in [3.63, 3.8) is 0 Å². The van der Waals surface area contributed by atoms with Crippen molar-refractivity contribution in [1.82, 2.24) is 5.43 Å². The number of nitrogens with two attached hydrogens (primary N) is 1. The first kappa shape index (κ1) is 17.3. The zero-order valence-electron chi connectivity index (χ0n) is 11.7. The van der Waals surface area contributed by atoms with Gasteiger partial charge in [0, 0.05) is 5.02 Å². The van der Waals surface area contributed by atoms with Gasteiger partial charge in [-0.15, -0.1) is 5.10 Å². The fourth-order valence-corrected chi connectivity index (χ4v) is 1.93. The van der Waals surface area contributed by atoms with E-state index in [1.54, 1.807) is 36.5 Å². The molecule has 0 spiro atoms. The summed E-state index contributed by atoms with van der Waals surface area (Å²) in [7, 11) is 0. The molecule has 0 bridgehead atoms. The van der Waals surface area contributed by atoms with E-state index in [9.17, 15) is 0 Å². The molecule has 23 heavy (non-hydrogen) atoms. The highest BCUT2D eigenvalue weighted by Gasteiger charge is 1.97. The SMILES string of the molecule is N/C(=N/N=C/c1ccc(Cl)cc1)N/N=C/c1ccc(Cl)c(Cl)c1. The van der Waals surface area contributed by atoms with Crippen molar-refractivity contribution in [2.75, 3.05) is 0 Å². The molecule has 0 saturated heterocycles. The number of nitrogens with zero attached hydrogens (tertiary/aromatic N) is 3. The van der Waals surface area contributed by atoms with E-state index in [1.807, 2.05) is 12.1 Å². The molecule has 0 atom stereocenters. The van der Waals surface area contributed by atoms with E-state index < -0.39 is 0 Å². The summed E-state index contributed by atoms with van der Waals surface area (Å²) in [6.07, 6.45) is 3.08. The highest BCUT2D eigenvalue weighted by atomic mass is 35.5. The van der Waals surface area contributed by atoms with E-state index in [0.717, 1.165) is 11.1 Å². The van der Waals surface area contributed by atoms with Crippen molar-refractivity contribution in [3.8, 4) is 0 Å². The molecule has 0 aliphatic rings. The molecule has 118 valence electrons. The first-order chi connectivity index (χ1) is 11.0. The van der Waals surface area contributed by atoms with Crippen LogP contribution in [0.4, 0.5) is 0 Å². The molecule has 5 nitrogen and oxygen atoms in total. The summed E-state index contributed by atoms with van der Waals surface area (Å²) in [6.45, 7) is 0. The van der Waals surface area contributed by atoms with Crippen molar-refractivity contribution in [3.05, 3.63) is 68.7 Å². The Morgan fingerprint density at radius 2 is 1.61 bits per heavy atom. The average molecular weight is 369 g/mol. The number of hydrogen-bond donors (Lipinski definition) is 2. The second-order valence-corrected chi connectivity index (χ2v) is 5.58. The molecular weight excluding hydrogens is 357 g/mol. The lowest BCUT2D eigenvalue weighted by molar-refractivity contribution is 0.994. The van der Waals surface area contributed by atoms with Crippen LogP contribution in [0.15, 0.2) is 57.8 Å². The van der Waals surface area contributed by atoms with Crippen LogP contribution in [0.5, 0.6) is 0 Å². The first-order valence-electron chi connectivity index (χ1n) is 6.41. The topological polar surface area (TPSA) is 75.1 Å². The summed E-state index contributed by atoms with van der Waals surface area (Å²) in [5, 5.41) is 13.1. The summed E-state index contributed by atoms with van der Waals surface area (Å²) >= 11 is 17.5. The van der Waals surface area contributed by atoms with Crippen LogP contribution >= 0.6 is 34.8 Å². The maximum atomic E-state index is 5.90. The lowest BCUT2D eigenvalue weighted by Crippen LogP contribution is -2.26. The average Bonchev–Trinajstić information content (AvgIpc) is 2.53. The Balaban J connectivity index is 1.90. The minimum absolute atomic E-state index is 0.0477. The standard InChI is InChI=1S/C15H12Cl3N5/c16-12-4-1-10(2-5-12)8-20-22-15(19)23-21-9-11-3-6-13(17)14(18)7-11/h1-9H,(H3,19,22,23)/b20-8+,21-9+. The van der Waals surface area contributed by atoms with Gasteiger partial charge in [0.2, 0.25) is 5.96 Å². The van der Waals surface area contributed by atoms with Crippen molar-refractivity contribution >= 4 is 53.2 Å². The lowest BCUT2D eigenvalue weighted by Gasteiger charge is -1.98. The number of hydrazone groups is 1. The van der Waals surface area contributed by atoms with E-state index in [-0.39, 0.29) is 5.96 Å². The van der Waals surface area contributed by atoms with Crippen molar-refractivity contribution < 1.29 is 0 Å². The van der Waals surface area contributed by atoms with Crippen LogP contribution in [0.3, 0.4) is 0 Å². The lowest BCUT2D eigenvalue weighted by atomic mass is 10.2. The van der Waals surface area contributed by atoms with Gasteiger partial charge in [-0.05, 0) is 35.4 Å². The third-order valence-electron chi connectivity index (χ3n) is 2.58. The van der Waals surface area contributed by atoms with Gasteiger partial charge in [-0.3, -0.25) is 0 Å². The van der Waals surface area contributed by atoms with E-state index in [2.05, 4.69) is 20.7 Å². The maximum absolute atomic E-state index is 5.90. The molecule has 0 saturated carbocycles. The van der Waals surface area contributed by atoms with Crippen LogP contribution in [0.2, 0.25) is 15.1 Å². The monoisotopic (exact) mass is 367 g/mol. The molecule has 0 aromatic heterocycles. The normalized spacial score (nSPS) is 12.2. The fraction of sp³-hybridized carbons (Fsp3) is 0. The predicted molar refractivity (Wildman–Crippen MR) is 97.9 cm³/mol. The van der Waals surface area contributed by atoms with Gasteiger partial charge in [0.25, 0.3) is 0 Å². The molecule has 0 amide bonds. The van der Waals surface area contributed by atoms with E-state index >= 15 is 0 Å². The summed E-state index contributed by atoms with van der Waals surface area (Å²) in [6, 6.07) is 12.3. The molecule has 0 aliphatic heterocycles. The van der Waals surface area contributed by atoms with Gasteiger partial charge in [-0.25, -0.2) is 5.43 Å². The van der Waals surface area contributed by atoms with Gasteiger partial charge in [0.1, 0.15) is 0 Å². The number of rotatable bonds is 4. The van der Waals surface area contributed by atoms with Gasteiger partial charge in [0.05, 0.1) is 22.5 Å². The fourth-order valence-electron chi connectivity index (χ4n) is 1.49. The highest BCUT2D eigenvalue weighted by Crippen LogP contribution is 2.21. The van der Waals surface area contributed by atoms with E-state index in [4.69, 9.17) is 40.5 Å². The van der Waals surface area contributed by atoms with Crippen LogP contribution in [-0.4, -0.2) is 18.4 Å². The zero-order valence-corrected chi connectivity index (χ0v) is 14.0. The minimum atomic E-state index is 0.0477. The number of guanidine groups is 1. The molecule has 0 aliphatic carbocycles. The van der Waals surface area contributed by atoms with Crippen LogP contribution in [0.25, 0.3) is 0 Å². The Morgan fingerprint density at radius 3 is 2.30 bits per heavy atom. The molecule has 0 heterocycles. The number of nitrogens with one attached hydrogen (secondary N) is 1. The number of halogens is 3. The molecule has 8 heteroatoms. The Bertz CT molecular complexity index is 754. The van der Waals surface area contributed by atoms with Crippen LogP contribution in [0.1, 0.15) is 11.1 Å². The highest BCUT2D eigenvalue weighted by molar-refractivity contribution is 6.42. The Labute approximate surface area is 148 Å². The zero-order chi connectivity index (χ0) is 16.7. The second-order valence-electron chi connectivity index (χ2n) is 4.32. The van der Waals surface area contributed by atoms with Crippen LogP contribution in [0, 0.1) is 0 Å². The van der Waals surface area contributed by atoms with Gasteiger partial charge in [-0.2, -0.15) is 10.2 Å². The molecule has 3 N–H and O–H groups in total. The van der Waals surface area contributed by atoms with Crippen LogP contribution < -0.4 is 11.2 Å². The molecular formula is C15H12Cl3N5. The molecule has 2 rings (SSSR count). The Kier molecular flexibility index (Phi) is 6.40. The van der Waals surface area contributed by atoms with E-state index in [0.29, 0.717) is 15.1 Å². The van der Waals surface area contributed by atoms with Crippen molar-refractivity contribution in [2.24, 2.45) is 21.0 Å². The Hall–Kier alpha value is -2.08. The van der Waals surface area contributed by atoms with Crippen molar-refractivity contribution in [1.29, 1.82) is 0 Å². The summed E-state index contributed by atoms with van der Waals surface area (Å²) < 4.78 is 0. The molecule has 0 radical (unpaired) electrons. The third kappa shape index (κ3) is 5.90. The summed E-state index contributed by atoms with van der Waals surface area (Å²) in [5.41, 5.74) is 9.79. The van der Waals surface area contributed by atoms with Gasteiger partial charge in [0.15, 0.2) is 0 Å². The largest absolute Gasteiger partial charge is 0.367 e. The smallest absolute Gasteiger partial charge is 0.234 e. The quantitative estimate of drug-likeness (QED) is 0.487. The predicted octanol–water partition coefficient (Wildman–Crippen LogP) is 3.92. The first-order valence-corrected chi connectivity index (χ1v) is 7.54. The van der Waals surface area contributed by atoms with Gasteiger partial charge < -0.3 is 5.73 Å².